The number of hydrazine groups is 1. The lowest BCUT2D eigenvalue weighted by molar-refractivity contribution is 0.0803. The molecule has 2 N–H and O–H groups in total. The number of unbranched alkanes of at least 4 members (excludes halogenated alkanes) is 2. The fraction of sp³-hybridized carbons (Fsp3) is 0.909. The Morgan fingerprint density at radius 3 is 3.38 bits per heavy atom. The van der Waals surface area contributed by atoms with E-state index in [-0.39, 0.29) is 0 Å². The van der Waals surface area contributed by atoms with Gasteiger partial charge in [-0.3, -0.25) is 5.43 Å². The molecule has 1 atom stereocenters. The second-order valence-electron chi connectivity index (χ2n) is 4.44. The minimum atomic E-state index is 0.541. The monoisotopic (exact) mass is 226 g/mol. The molecule has 0 spiro atoms. The van der Waals surface area contributed by atoms with Gasteiger partial charge in [-0.1, -0.05) is 19.8 Å². The molecule has 0 saturated carbocycles. The molecule has 2 saturated heterocycles. The van der Waals surface area contributed by atoms with Crippen molar-refractivity contribution in [3.63, 3.8) is 0 Å². The fourth-order valence-corrected chi connectivity index (χ4v) is 2.13. The highest BCUT2D eigenvalue weighted by Crippen LogP contribution is 2.17. The first-order valence-corrected chi connectivity index (χ1v) is 6.37. The van der Waals surface area contributed by atoms with Crippen molar-refractivity contribution in [2.45, 2.75) is 45.1 Å². The number of fused-ring (bicyclic) bond motifs is 1. The van der Waals surface area contributed by atoms with Gasteiger partial charge in [0.15, 0.2) is 0 Å². The second-order valence-corrected chi connectivity index (χ2v) is 4.44. The highest BCUT2D eigenvalue weighted by molar-refractivity contribution is 5.73. The van der Waals surface area contributed by atoms with E-state index in [2.05, 4.69) is 27.9 Å². The van der Waals surface area contributed by atoms with Crippen LogP contribution in [0, 0.1) is 0 Å². The summed E-state index contributed by atoms with van der Waals surface area (Å²) in [5, 5.41) is 6.44. The van der Waals surface area contributed by atoms with Gasteiger partial charge in [0.2, 0.25) is 0 Å². The summed E-state index contributed by atoms with van der Waals surface area (Å²) in [6, 6.07) is 1.16. The van der Waals surface area contributed by atoms with E-state index in [9.17, 15) is 0 Å². The molecule has 2 rings (SSSR count). The van der Waals surface area contributed by atoms with Crippen LogP contribution in [-0.4, -0.2) is 36.8 Å². The predicted molar refractivity (Wildman–Crippen MR) is 63.8 cm³/mol. The molecule has 0 aromatic heterocycles. The molecule has 0 aromatic carbocycles. The first kappa shape index (κ1) is 11.5. The predicted octanol–water partition coefficient (Wildman–Crippen LogP) is 1.04. The molecule has 0 amide bonds. The summed E-state index contributed by atoms with van der Waals surface area (Å²) in [6.07, 6.45) is 6.13. The van der Waals surface area contributed by atoms with Gasteiger partial charge >= 0.3 is 6.02 Å². The summed E-state index contributed by atoms with van der Waals surface area (Å²) in [6.45, 7) is 4.99. The first-order valence-electron chi connectivity index (χ1n) is 6.37. The Hall–Kier alpha value is -0.970. The van der Waals surface area contributed by atoms with Crippen LogP contribution in [0.25, 0.3) is 0 Å². The normalized spacial score (nSPS) is 27.3. The average molecular weight is 226 g/mol. The molecule has 2 aliphatic heterocycles. The van der Waals surface area contributed by atoms with Crippen LogP contribution >= 0.6 is 0 Å². The minimum Gasteiger partial charge on any atom is -0.461 e. The minimum absolute atomic E-state index is 0.541. The Labute approximate surface area is 97.2 Å². The quantitative estimate of drug-likeness (QED) is 0.543. The molecule has 0 radical (unpaired) electrons. The maximum atomic E-state index is 5.53. The molecule has 1 unspecified atom stereocenters. The maximum absolute atomic E-state index is 5.53. The van der Waals surface area contributed by atoms with E-state index in [4.69, 9.17) is 4.74 Å². The molecule has 0 aliphatic carbocycles. The molecule has 2 fully saturated rings. The number of rotatable bonds is 5. The molecule has 2 aliphatic rings. The number of nitrogens with zero attached hydrogens (tertiary/aromatic N) is 2. The first-order chi connectivity index (χ1) is 7.90. The van der Waals surface area contributed by atoms with Crippen molar-refractivity contribution in [3.05, 3.63) is 0 Å². The van der Waals surface area contributed by atoms with Crippen LogP contribution in [0.4, 0.5) is 0 Å². The van der Waals surface area contributed by atoms with E-state index in [1.807, 2.05) is 0 Å². The Morgan fingerprint density at radius 1 is 1.56 bits per heavy atom. The molecular formula is C11H22N4O. The van der Waals surface area contributed by atoms with Gasteiger partial charge in [0.05, 0.1) is 6.04 Å². The Kier molecular flexibility index (Phi) is 4.27. The zero-order chi connectivity index (χ0) is 11.2. The van der Waals surface area contributed by atoms with Crippen molar-refractivity contribution in [3.8, 4) is 0 Å². The molecule has 5 nitrogen and oxygen atoms in total. The smallest absolute Gasteiger partial charge is 0.321 e. The summed E-state index contributed by atoms with van der Waals surface area (Å²) >= 11 is 0. The van der Waals surface area contributed by atoms with Crippen LogP contribution < -0.4 is 10.9 Å². The van der Waals surface area contributed by atoms with Gasteiger partial charge < -0.3 is 10.2 Å². The van der Waals surface area contributed by atoms with Gasteiger partial charge in [0.25, 0.3) is 0 Å². The number of amidine groups is 1. The molecular weight excluding hydrogens is 204 g/mol. The van der Waals surface area contributed by atoms with Crippen molar-refractivity contribution in [1.82, 2.24) is 15.9 Å². The molecule has 92 valence electrons. The zero-order valence-corrected chi connectivity index (χ0v) is 10.0. The average Bonchev–Trinajstić information content (AvgIpc) is 2.76. The van der Waals surface area contributed by atoms with Crippen molar-refractivity contribution in [1.29, 1.82) is 0 Å². The largest absolute Gasteiger partial charge is 0.461 e. The van der Waals surface area contributed by atoms with E-state index in [0.29, 0.717) is 12.1 Å². The third-order valence-corrected chi connectivity index (χ3v) is 3.10. The summed E-state index contributed by atoms with van der Waals surface area (Å²) in [4.78, 5) is 0. The molecule has 2 heterocycles. The Balaban J connectivity index is 1.67. The fourth-order valence-electron chi connectivity index (χ4n) is 2.13. The van der Waals surface area contributed by atoms with Crippen LogP contribution in [0.3, 0.4) is 0 Å². The molecule has 16 heavy (non-hydrogen) atoms. The van der Waals surface area contributed by atoms with E-state index in [1.54, 1.807) is 0 Å². The zero-order valence-electron chi connectivity index (χ0n) is 10.0. The number of ether oxygens (including phenoxy) is 1. The highest BCUT2D eigenvalue weighted by Gasteiger charge is 2.30. The molecule has 5 heteroatoms. The standard InChI is InChI=1S/C11H22N4O/c1-2-3-4-7-12-13-11-14-15-8-5-6-10(15)9-16-11/h10,12H,2-9H2,1H3,(H,13,14). The van der Waals surface area contributed by atoms with Crippen molar-refractivity contribution < 1.29 is 4.74 Å². The summed E-state index contributed by atoms with van der Waals surface area (Å²) < 4.78 is 5.53. The van der Waals surface area contributed by atoms with Gasteiger partial charge in [-0.25, -0.2) is 5.01 Å². The lowest BCUT2D eigenvalue weighted by Gasteiger charge is -2.31. The van der Waals surface area contributed by atoms with E-state index in [0.717, 1.165) is 19.7 Å². The van der Waals surface area contributed by atoms with Crippen molar-refractivity contribution >= 4 is 6.02 Å². The maximum Gasteiger partial charge on any atom is 0.321 e. The summed E-state index contributed by atoms with van der Waals surface area (Å²) in [5.74, 6) is 0. The number of hydrogen-bond donors (Lipinski definition) is 2. The highest BCUT2D eigenvalue weighted by atomic mass is 16.5. The summed E-state index contributed by atoms with van der Waals surface area (Å²) in [5.41, 5.74) is 6.25. The van der Waals surface area contributed by atoms with E-state index >= 15 is 0 Å². The van der Waals surface area contributed by atoms with Crippen LogP contribution in [0.1, 0.15) is 39.0 Å². The number of hydrazone groups is 1. The van der Waals surface area contributed by atoms with Crippen LogP contribution in [0.15, 0.2) is 5.10 Å². The SMILES string of the molecule is CCCCCNN=C1NN2CCCC2CO1. The topological polar surface area (TPSA) is 48.9 Å². The Bertz CT molecular complexity index is 244. The molecule has 0 aromatic rings. The lowest BCUT2D eigenvalue weighted by Crippen LogP contribution is -2.53. The van der Waals surface area contributed by atoms with Crippen molar-refractivity contribution in [2.24, 2.45) is 5.10 Å². The van der Waals surface area contributed by atoms with Crippen LogP contribution in [0.2, 0.25) is 0 Å². The van der Waals surface area contributed by atoms with Gasteiger partial charge in [0.1, 0.15) is 6.61 Å². The van der Waals surface area contributed by atoms with E-state index < -0.39 is 0 Å². The van der Waals surface area contributed by atoms with Gasteiger partial charge in [-0.15, -0.1) is 5.10 Å². The van der Waals surface area contributed by atoms with Crippen molar-refractivity contribution in [2.75, 3.05) is 19.7 Å². The summed E-state index contributed by atoms with van der Waals surface area (Å²) in [7, 11) is 0. The van der Waals surface area contributed by atoms with E-state index in [1.165, 1.54) is 32.1 Å². The van der Waals surface area contributed by atoms with Gasteiger partial charge in [-0.2, -0.15) is 0 Å². The number of hydrogen-bond acceptors (Lipinski definition) is 4. The number of nitrogens with one attached hydrogen (secondary N) is 2. The Morgan fingerprint density at radius 2 is 2.50 bits per heavy atom. The second kappa shape index (κ2) is 5.94. The molecule has 0 bridgehead atoms. The lowest BCUT2D eigenvalue weighted by atomic mass is 10.2. The van der Waals surface area contributed by atoms with Gasteiger partial charge in [-0.05, 0) is 19.3 Å². The van der Waals surface area contributed by atoms with Crippen LogP contribution in [-0.2, 0) is 4.74 Å². The van der Waals surface area contributed by atoms with Crippen LogP contribution in [0.5, 0.6) is 0 Å². The van der Waals surface area contributed by atoms with Gasteiger partial charge in [0, 0.05) is 13.1 Å². The third-order valence-electron chi connectivity index (χ3n) is 3.10. The third kappa shape index (κ3) is 3.01.